The fourth-order valence-electron chi connectivity index (χ4n) is 4.29. The predicted molar refractivity (Wildman–Crippen MR) is 128 cm³/mol. The number of para-hydroxylation sites is 1. The molecule has 1 amide bonds. The van der Waals surface area contributed by atoms with Crippen LogP contribution in [0.4, 0.5) is 5.69 Å². The highest BCUT2D eigenvalue weighted by Gasteiger charge is 2.26. The number of hydrogen-bond acceptors (Lipinski definition) is 4. The number of hydrogen-bond donors (Lipinski definition) is 1. The Morgan fingerprint density at radius 3 is 2.53 bits per heavy atom. The number of carbonyl (C=O) groups excluding carboxylic acids is 1. The average molecular weight is 431 g/mol. The first-order valence-electron chi connectivity index (χ1n) is 11.1. The van der Waals surface area contributed by atoms with Crippen LogP contribution in [0.25, 0.3) is 11.1 Å². The van der Waals surface area contributed by atoms with Gasteiger partial charge in [0.05, 0.1) is 20.1 Å². The summed E-state index contributed by atoms with van der Waals surface area (Å²) in [6, 6.07) is 24.0. The molecule has 0 radical (unpaired) electrons. The molecule has 0 bridgehead atoms. The van der Waals surface area contributed by atoms with Gasteiger partial charge >= 0.3 is 0 Å². The summed E-state index contributed by atoms with van der Waals surface area (Å²) in [6.07, 6.45) is 1.92. The van der Waals surface area contributed by atoms with Gasteiger partial charge in [-0.05, 0) is 60.8 Å². The van der Waals surface area contributed by atoms with Gasteiger partial charge in [0.1, 0.15) is 11.5 Å². The van der Waals surface area contributed by atoms with Crippen molar-refractivity contribution in [1.82, 2.24) is 4.90 Å². The van der Waals surface area contributed by atoms with E-state index in [-0.39, 0.29) is 11.8 Å². The number of ether oxygens (including phenoxy) is 2. The summed E-state index contributed by atoms with van der Waals surface area (Å²) in [5.41, 5.74) is 4.10. The zero-order valence-corrected chi connectivity index (χ0v) is 18.7. The first-order chi connectivity index (χ1) is 15.7. The molecular weight excluding hydrogens is 400 g/mol. The van der Waals surface area contributed by atoms with Crippen molar-refractivity contribution in [1.29, 1.82) is 0 Å². The SMILES string of the molecule is COc1ccc(-c2ccccc2NC(=O)[C@H]2CCCN(Cc3cccc(OC)c3)C2)cc1. The molecule has 5 nitrogen and oxygen atoms in total. The second kappa shape index (κ2) is 10.3. The van der Waals surface area contributed by atoms with E-state index in [0.717, 1.165) is 60.8 Å². The number of benzene rings is 3. The molecule has 5 heteroatoms. The molecule has 1 heterocycles. The third-order valence-electron chi connectivity index (χ3n) is 6.00. The van der Waals surface area contributed by atoms with Crippen molar-refractivity contribution < 1.29 is 14.3 Å². The van der Waals surface area contributed by atoms with Gasteiger partial charge in [0.2, 0.25) is 5.91 Å². The molecule has 0 aliphatic carbocycles. The van der Waals surface area contributed by atoms with Gasteiger partial charge in [-0.3, -0.25) is 9.69 Å². The molecule has 4 rings (SSSR count). The third-order valence-corrected chi connectivity index (χ3v) is 6.00. The van der Waals surface area contributed by atoms with Crippen LogP contribution in [-0.4, -0.2) is 38.1 Å². The number of nitrogens with one attached hydrogen (secondary N) is 1. The van der Waals surface area contributed by atoms with Crippen LogP contribution in [0.15, 0.2) is 72.8 Å². The predicted octanol–water partition coefficient (Wildman–Crippen LogP) is 5.22. The van der Waals surface area contributed by atoms with Gasteiger partial charge in [0, 0.05) is 24.3 Å². The molecule has 0 saturated carbocycles. The molecule has 1 atom stereocenters. The lowest BCUT2D eigenvalue weighted by Gasteiger charge is -2.32. The van der Waals surface area contributed by atoms with Crippen molar-refractivity contribution in [2.45, 2.75) is 19.4 Å². The monoisotopic (exact) mass is 430 g/mol. The van der Waals surface area contributed by atoms with Gasteiger partial charge in [0.25, 0.3) is 0 Å². The molecule has 0 unspecified atom stereocenters. The van der Waals surface area contributed by atoms with Crippen LogP contribution in [0.2, 0.25) is 0 Å². The van der Waals surface area contributed by atoms with Crippen molar-refractivity contribution in [3.63, 3.8) is 0 Å². The molecule has 32 heavy (non-hydrogen) atoms. The first-order valence-corrected chi connectivity index (χ1v) is 11.1. The van der Waals surface area contributed by atoms with E-state index in [1.165, 1.54) is 5.56 Å². The van der Waals surface area contributed by atoms with Gasteiger partial charge in [-0.1, -0.05) is 42.5 Å². The number of nitrogens with zero attached hydrogens (tertiary/aromatic N) is 1. The molecule has 3 aromatic rings. The number of methoxy groups -OCH3 is 2. The molecule has 3 aromatic carbocycles. The van der Waals surface area contributed by atoms with Crippen LogP contribution in [0.1, 0.15) is 18.4 Å². The minimum atomic E-state index is -0.0294. The second-order valence-electron chi connectivity index (χ2n) is 8.19. The Morgan fingerprint density at radius 2 is 1.75 bits per heavy atom. The first kappa shape index (κ1) is 21.9. The van der Waals surface area contributed by atoms with E-state index in [1.54, 1.807) is 14.2 Å². The van der Waals surface area contributed by atoms with Gasteiger partial charge in [-0.2, -0.15) is 0 Å². The molecule has 0 spiro atoms. The van der Waals surface area contributed by atoms with Crippen molar-refractivity contribution in [3.05, 3.63) is 78.4 Å². The summed E-state index contributed by atoms with van der Waals surface area (Å²) >= 11 is 0. The smallest absolute Gasteiger partial charge is 0.228 e. The van der Waals surface area contributed by atoms with E-state index in [4.69, 9.17) is 9.47 Å². The van der Waals surface area contributed by atoms with Crippen LogP contribution >= 0.6 is 0 Å². The lowest BCUT2D eigenvalue weighted by atomic mass is 9.96. The molecule has 0 aromatic heterocycles. The Morgan fingerprint density at radius 1 is 0.969 bits per heavy atom. The molecule has 1 fully saturated rings. The van der Waals surface area contributed by atoms with Crippen LogP contribution in [0.3, 0.4) is 0 Å². The number of carbonyl (C=O) groups is 1. The zero-order valence-electron chi connectivity index (χ0n) is 18.7. The molecule has 1 aliphatic heterocycles. The summed E-state index contributed by atoms with van der Waals surface area (Å²) in [5, 5.41) is 3.19. The summed E-state index contributed by atoms with van der Waals surface area (Å²) in [5.74, 6) is 1.73. The van der Waals surface area contributed by atoms with Crippen molar-refractivity contribution in [3.8, 4) is 22.6 Å². The second-order valence-corrected chi connectivity index (χ2v) is 8.19. The molecular formula is C27H30N2O3. The minimum Gasteiger partial charge on any atom is -0.497 e. The molecule has 166 valence electrons. The fraction of sp³-hybridized carbons (Fsp3) is 0.296. The Hall–Kier alpha value is -3.31. The summed E-state index contributed by atoms with van der Waals surface area (Å²) < 4.78 is 10.6. The summed E-state index contributed by atoms with van der Waals surface area (Å²) in [6.45, 7) is 2.58. The maximum absolute atomic E-state index is 13.2. The van der Waals surface area contributed by atoms with E-state index in [9.17, 15) is 4.79 Å². The van der Waals surface area contributed by atoms with E-state index in [0.29, 0.717) is 0 Å². The van der Waals surface area contributed by atoms with Crippen molar-refractivity contribution in [2.24, 2.45) is 5.92 Å². The number of anilines is 1. The summed E-state index contributed by atoms with van der Waals surface area (Å²) in [7, 11) is 3.34. The van der Waals surface area contributed by atoms with Gasteiger partial charge in [-0.25, -0.2) is 0 Å². The minimum absolute atomic E-state index is 0.0294. The molecule has 1 aliphatic rings. The third kappa shape index (κ3) is 5.29. The van der Waals surface area contributed by atoms with Gasteiger partial charge < -0.3 is 14.8 Å². The average Bonchev–Trinajstić information content (AvgIpc) is 2.85. The van der Waals surface area contributed by atoms with Crippen LogP contribution in [0, 0.1) is 5.92 Å². The molecule has 1 saturated heterocycles. The zero-order chi connectivity index (χ0) is 22.3. The van der Waals surface area contributed by atoms with E-state index < -0.39 is 0 Å². The quantitative estimate of drug-likeness (QED) is 0.558. The maximum atomic E-state index is 13.2. The fourth-order valence-corrected chi connectivity index (χ4v) is 4.29. The van der Waals surface area contributed by atoms with Gasteiger partial charge in [-0.15, -0.1) is 0 Å². The lowest BCUT2D eigenvalue weighted by molar-refractivity contribution is -0.121. The normalized spacial score (nSPS) is 16.4. The Kier molecular flexibility index (Phi) is 7.07. The Bertz CT molecular complexity index is 1050. The Labute approximate surface area is 190 Å². The standard InChI is InChI=1S/C27H30N2O3/c1-31-23-14-12-21(13-15-23)25-10-3-4-11-26(25)28-27(30)22-8-6-16-29(19-22)18-20-7-5-9-24(17-20)32-2/h3-5,7,9-15,17,22H,6,8,16,18-19H2,1-2H3,(H,28,30)/t22-/m0/s1. The van der Waals surface area contributed by atoms with Crippen LogP contribution in [0.5, 0.6) is 11.5 Å². The number of likely N-dealkylation sites (tertiary alicyclic amines) is 1. The van der Waals surface area contributed by atoms with E-state index in [1.807, 2.05) is 60.7 Å². The van der Waals surface area contributed by atoms with E-state index in [2.05, 4.69) is 22.3 Å². The van der Waals surface area contributed by atoms with Crippen molar-refractivity contribution >= 4 is 11.6 Å². The van der Waals surface area contributed by atoms with Gasteiger partial charge in [0.15, 0.2) is 0 Å². The number of amides is 1. The largest absolute Gasteiger partial charge is 0.497 e. The topological polar surface area (TPSA) is 50.8 Å². The number of piperidine rings is 1. The number of rotatable bonds is 7. The van der Waals surface area contributed by atoms with Crippen molar-refractivity contribution in [2.75, 3.05) is 32.6 Å². The highest BCUT2D eigenvalue weighted by Crippen LogP contribution is 2.30. The molecule has 1 N–H and O–H groups in total. The summed E-state index contributed by atoms with van der Waals surface area (Å²) in [4.78, 5) is 15.5. The highest BCUT2D eigenvalue weighted by molar-refractivity contribution is 5.97. The lowest BCUT2D eigenvalue weighted by Crippen LogP contribution is -2.40. The van der Waals surface area contributed by atoms with Crippen LogP contribution < -0.4 is 14.8 Å². The Balaban J connectivity index is 1.43. The highest BCUT2D eigenvalue weighted by atomic mass is 16.5. The van der Waals surface area contributed by atoms with Crippen LogP contribution in [-0.2, 0) is 11.3 Å². The van der Waals surface area contributed by atoms with E-state index >= 15 is 0 Å². The maximum Gasteiger partial charge on any atom is 0.228 e.